The number of aryl methyl sites for hydroxylation is 1. The molecule has 0 bridgehead atoms. The number of nitriles is 1. The van der Waals surface area contributed by atoms with Gasteiger partial charge in [-0.2, -0.15) is 5.26 Å². The van der Waals surface area contributed by atoms with Crippen LogP contribution in [0.25, 0.3) is 0 Å². The van der Waals surface area contributed by atoms with Gasteiger partial charge in [0.15, 0.2) is 6.19 Å². The highest BCUT2D eigenvalue weighted by Gasteiger charge is 2.32. The monoisotopic (exact) mass is 275 g/mol. The van der Waals surface area contributed by atoms with Crippen LogP contribution in [0.4, 0.5) is 0 Å². The third-order valence-corrected chi connectivity index (χ3v) is 3.58. The van der Waals surface area contributed by atoms with Gasteiger partial charge in [0.1, 0.15) is 6.04 Å². The van der Waals surface area contributed by atoms with E-state index in [1.165, 1.54) is 6.92 Å². The Kier molecular flexibility index (Phi) is 3.87. The van der Waals surface area contributed by atoms with Gasteiger partial charge < -0.3 is 0 Å². The molecule has 1 aromatic rings. The molecule has 0 aliphatic carbocycles. The van der Waals surface area contributed by atoms with Crippen LogP contribution >= 0.6 is 11.6 Å². The second-order valence-corrected chi connectivity index (χ2v) is 4.98. The van der Waals surface area contributed by atoms with Crippen molar-refractivity contribution in [2.24, 2.45) is 4.99 Å². The van der Waals surface area contributed by atoms with Crippen molar-refractivity contribution in [3.63, 3.8) is 0 Å². The summed E-state index contributed by atoms with van der Waals surface area (Å²) in [5, 5.41) is 9.83. The number of halogens is 1. The maximum atomic E-state index is 11.2. The lowest BCUT2D eigenvalue weighted by Gasteiger charge is -2.19. The zero-order chi connectivity index (χ0) is 14.0. The molecule has 0 aromatic heterocycles. The minimum absolute atomic E-state index is 0.238. The Bertz CT molecular complexity index is 589. The summed E-state index contributed by atoms with van der Waals surface area (Å²) in [5.41, 5.74) is 2.61. The number of aliphatic imine (C=N–C) groups is 1. The van der Waals surface area contributed by atoms with Gasteiger partial charge >= 0.3 is 0 Å². The third kappa shape index (κ3) is 2.77. The van der Waals surface area contributed by atoms with E-state index in [0.717, 1.165) is 16.8 Å². The van der Waals surface area contributed by atoms with Crippen molar-refractivity contribution in [2.45, 2.75) is 26.3 Å². The Hall–Kier alpha value is -1.86. The highest BCUT2D eigenvalue weighted by molar-refractivity contribution is 6.31. The van der Waals surface area contributed by atoms with Crippen molar-refractivity contribution in [1.29, 1.82) is 5.26 Å². The molecule has 0 spiro atoms. The van der Waals surface area contributed by atoms with E-state index in [1.54, 1.807) is 4.90 Å². The molecule has 1 unspecified atom stereocenters. The molecule has 0 radical (unpaired) electrons. The van der Waals surface area contributed by atoms with Crippen molar-refractivity contribution in [3.8, 4) is 6.19 Å². The number of nitrogens with zero attached hydrogens (tertiary/aromatic N) is 3. The van der Waals surface area contributed by atoms with Crippen LogP contribution in [0, 0.1) is 18.4 Å². The van der Waals surface area contributed by atoms with E-state index in [4.69, 9.17) is 11.6 Å². The number of carbonyl (C=O) groups excluding carboxylic acids is 1. The highest BCUT2D eigenvalue weighted by atomic mass is 35.5. The summed E-state index contributed by atoms with van der Waals surface area (Å²) in [6.45, 7) is 3.92. The molecule has 1 aliphatic heterocycles. The van der Waals surface area contributed by atoms with Crippen molar-refractivity contribution < 1.29 is 4.79 Å². The first-order valence-corrected chi connectivity index (χ1v) is 6.41. The number of rotatable bonds is 1. The van der Waals surface area contributed by atoms with E-state index in [1.807, 2.05) is 25.1 Å². The standard InChI is InChI=1S/C14H14ClN3O/c1-9-3-4-11(7-12(9)15)14-13(17-10(2)19)5-6-18(14)8-16/h3-4,7,14H,5-6H2,1-2H3. The summed E-state index contributed by atoms with van der Waals surface area (Å²) in [4.78, 5) is 16.8. The van der Waals surface area contributed by atoms with Crippen LogP contribution in [0.3, 0.4) is 0 Å². The van der Waals surface area contributed by atoms with Gasteiger partial charge in [-0.05, 0) is 24.1 Å². The molecular formula is C14H14ClN3O. The number of hydrogen-bond donors (Lipinski definition) is 0. The van der Waals surface area contributed by atoms with Crippen molar-refractivity contribution in [2.75, 3.05) is 6.54 Å². The molecule has 98 valence electrons. The van der Waals surface area contributed by atoms with Crippen LogP contribution in [-0.4, -0.2) is 23.1 Å². The maximum absolute atomic E-state index is 11.2. The quantitative estimate of drug-likeness (QED) is 0.741. The lowest BCUT2D eigenvalue weighted by atomic mass is 10.0. The molecular weight excluding hydrogens is 262 g/mol. The van der Waals surface area contributed by atoms with Crippen molar-refractivity contribution in [1.82, 2.24) is 4.90 Å². The molecule has 1 fully saturated rings. The first kappa shape index (κ1) is 13.6. The molecule has 1 amide bonds. The average molecular weight is 276 g/mol. The summed E-state index contributed by atoms with van der Waals surface area (Å²) < 4.78 is 0. The van der Waals surface area contributed by atoms with Crippen LogP contribution < -0.4 is 0 Å². The van der Waals surface area contributed by atoms with E-state index in [0.29, 0.717) is 18.0 Å². The fraction of sp³-hybridized carbons (Fsp3) is 0.357. The average Bonchev–Trinajstić information content (AvgIpc) is 2.74. The van der Waals surface area contributed by atoms with Gasteiger partial charge in [0.25, 0.3) is 0 Å². The summed E-state index contributed by atoms with van der Waals surface area (Å²) in [6.07, 6.45) is 2.78. The van der Waals surface area contributed by atoms with Crippen LogP contribution in [0.5, 0.6) is 0 Å². The molecule has 0 N–H and O–H groups in total. The molecule has 2 rings (SSSR count). The lowest BCUT2D eigenvalue weighted by molar-refractivity contribution is -0.115. The molecule has 1 saturated heterocycles. The van der Waals surface area contributed by atoms with Gasteiger partial charge in [0.05, 0.1) is 5.71 Å². The smallest absolute Gasteiger partial charge is 0.242 e. The molecule has 0 saturated carbocycles. The van der Waals surface area contributed by atoms with E-state index in [2.05, 4.69) is 11.2 Å². The molecule has 1 aliphatic rings. The Morgan fingerprint density at radius 1 is 1.58 bits per heavy atom. The number of amides is 1. The van der Waals surface area contributed by atoms with Crippen LogP contribution in [0.1, 0.15) is 30.5 Å². The SMILES string of the molecule is CC(=O)N=C1CCN(C#N)C1c1ccc(C)c(Cl)c1. The van der Waals surface area contributed by atoms with Gasteiger partial charge in [-0.1, -0.05) is 23.7 Å². The molecule has 1 heterocycles. The predicted octanol–water partition coefficient (Wildman–Crippen LogP) is 2.86. The van der Waals surface area contributed by atoms with Crippen LogP contribution in [0.2, 0.25) is 5.02 Å². The predicted molar refractivity (Wildman–Crippen MR) is 74.0 cm³/mol. The van der Waals surface area contributed by atoms with Gasteiger partial charge in [-0.3, -0.25) is 9.69 Å². The van der Waals surface area contributed by atoms with Gasteiger partial charge in [-0.25, -0.2) is 4.99 Å². The van der Waals surface area contributed by atoms with Crippen LogP contribution in [0.15, 0.2) is 23.2 Å². The fourth-order valence-electron chi connectivity index (χ4n) is 2.26. The topological polar surface area (TPSA) is 56.5 Å². The van der Waals surface area contributed by atoms with E-state index in [-0.39, 0.29) is 11.9 Å². The molecule has 19 heavy (non-hydrogen) atoms. The summed E-state index contributed by atoms with van der Waals surface area (Å²) in [7, 11) is 0. The number of likely N-dealkylation sites (tertiary alicyclic amines) is 1. The van der Waals surface area contributed by atoms with E-state index >= 15 is 0 Å². The molecule has 1 aromatic carbocycles. The van der Waals surface area contributed by atoms with E-state index < -0.39 is 0 Å². The number of carbonyl (C=O) groups is 1. The zero-order valence-corrected chi connectivity index (χ0v) is 11.6. The Balaban J connectivity index is 2.45. The van der Waals surface area contributed by atoms with Gasteiger partial charge in [0, 0.05) is 24.9 Å². The lowest BCUT2D eigenvalue weighted by Crippen LogP contribution is -2.21. The summed E-state index contributed by atoms with van der Waals surface area (Å²) in [5.74, 6) is -0.238. The van der Waals surface area contributed by atoms with Crippen molar-refractivity contribution >= 4 is 23.2 Å². The third-order valence-electron chi connectivity index (χ3n) is 3.18. The Morgan fingerprint density at radius 3 is 2.89 bits per heavy atom. The zero-order valence-electron chi connectivity index (χ0n) is 10.9. The maximum Gasteiger partial charge on any atom is 0.242 e. The van der Waals surface area contributed by atoms with Crippen molar-refractivity contribution in [3.05, 3.63) is 34.3 Å². The van der Waals surface area contributed by atoms with Gasteiger partial charge in [-0.15, -0.1) is 0 Å². The second kappa shape index (κ2) is 5.41. The van der Waals surface area contributed by atoms with Gasteiger partial charge in [0.2, 0.25) is 5.91 Å². The second-order valence-electron chi connectivity index (χ2n) is 4.58. The summed E-state index contributed by atoms with van der Waals surface area (Å²) >= 11 is 6.13. The minimum atomic E-state index is -0.271. The normalized spacial score (nSPS) is 20.6. The molecule has 1 atom stereocenters. The number of hydrogen-bond acceptors (Lipinski definition) is 3. The Morgan fingerprint density at radius 2 is 2.32 bits per heavy atom. The first-order valence-electron chi connectivity index (χ1n) is 6.03. The number of benzene rings is 1. The molecule has 4 nitrogen and oxygen atoms in total. The first-order chi connectivity index (χ1) is 9.02. The summed E-state index contributed by atoms with van der Waals surface area (Å²) in [6, 6.07) is 5.41. The fourth-order valence-corrected chi connectivity index (χ4v) is 2.45. The molecule has 5 heteroatoms. The minimum Gasteiger partial charge on any atom is -0.297 e. The Labute approximate surface area is 117 Å². The largest absolute Gasteiger partial charge is 0.297 e. The highest BCUT2D eigenvalue weighted by Crippen LogP contribution is 2.31. The van der Waals surface area contributed by atoms with Crippen LogP contribution in [-0.2, 0) is 4.79 Å². The van der Waals surface area contributed by atoms with E-state index in [9.17, 15) is 10.1 Å².